The minimum atomic E-state index is -4.53. The largest absolute Gasteiger partial charge is 0.416 e. The molecule has 0 saturated carbocycles. The van der Waals surface area contributed by atoms with E-state index in [0.29, 0.717) is 16.8 Å². The Morgan fingerprint density at radius 3 is 2.17 bits per heavy atom. The molecule has 35 heavy (non-hydrogen) atoms. The Balaban J connectivity index is 1.94. The molecule has 6 heteroatoms. The molecule has 1 atom stereocenters. The molecule has 0 fully saturated rings. The highest BCUT2D eigenvalue weighted by Gasteiger charge is 2.40. The van der Waals surface area contributed by atoms with E-state index >= 15 is 0 Å². The van der Waals surface area contributed by atoms with E-state index in [0.717, 1.165) is 28.8 Å². The Morgan fingerprint density at radius 1 is 0.800 bits per heavy atom. The van der Waals surface area contributed by atoms with Crippen molar-refractivity contribution in [1.29, 1.82) is 0 Å². The minimum absolute atomic E-state index is 0.211. The number of aryl methyl sites for hydroxylation is 2. The number of carbonyl (C=O) groups is 1. The number of rotatable bonds is 6. The minimum Gasteiger partial charge on any atom is -0.337 e. The highest BCUT2D eigenvalue weighted by Crippen LogP contribution is 2.37. The van der Waals surface area contributed by atoms with Gasteiger partial charge in [0.1, 0.15) is 5.54 Å². The van der Waals surface area contributed by atoms with Gasteiger partial charge in [0.15, 0.2) is 0 Å². The van der Waals surface area contributed by atoms with Crippen molar-refractivity contribution < 1.29 is 18.0 Å². The van der Waals surface area contributed by atoms with Crippen molar-refractivity contribution >= 4 is 5.91 Å². The van der Waals surface area contributed by atoms with Crippen LogP contribution in [0.1, 0.15) is 43.9 Å². The van der Waals surface area contributed by atoms with Crippen LogP contribution in [-0.2, 0) is 18.1 Å². The topological polar surface area (TPSA) is 42.0 Å². The third kappa shape index (κ3) is 5.43. The first-order valence-corrected chi connectivity index (χ1v) is 11.2. The van der Waals surface area contributed by atoms with Crippen LogP contribution in [0.3, 0.4) is 0 Å². The van der Waals surface area contributed by atoms with Gasteiger partial charge in [-0.05, 0) is 60.9 Å². The fourth-order valence-corrected chi connectivity index (χ4v) is 4.16. The molecule has 1 N–H and O–H groups in total. The summed E-state index contributed by atoms with van der Waals surface area (Å²) in [7, 11) is 0. The predicted molar refractivity (Wildman–Crippen MR) is 130 cm³/mol. The monoisotopic (exact) mass is 474 g/mol. The van der Waals surface area contributed by atoms with E-state index in [1.54, 1.807) is 36.5 Å². The van der Waals surface area contributed by atoms with Crippen molar-refractivity contribution in [1.82, 2.24) is 10.3 Å². The number of hydrogen-bond acceptors (Lipinski definition) is 2. The third-order valence-corrected chi connectivity index (χ3v) is 5.95. The summed E-state index contributed by atoms with van der Waals surface area (Å²) in [5.74, 6) is -0.399. The van der Waals surface area contributed by atoms with E-state index in [2.05, 4.69) is 10.3 Å². The number of pyridine rings is 1. The van der Waals surface area contributed by atoms with Crippen LogP contribution < -0.4 is 5.32 Å². The highest BCUT2D eigenvalue weighted by molar-refractivity contribution is 5.95. The quantitative estimate of drug-likeness (QED) is 0.341. The first-order valence-electron chi connectivity index (χ1n) is 11.2. The van der Waals surface area contributed by atoms with Gasteiger partial charge in [-0.25, -0.2) is 0 Å². The molecule has 3 aromatic carbocycles. The number of carbonyl (C=O) groups excluding carboxylic acids is 1. The average molecular weight is 475 g/mol. The zero-order valence-electron chi connectivity index (χ0n) is 19.4. The summed E-state index contributed by atoms with van der Waals surface area (Å²) in [5, 5.41) is 3.08. The SMILES string of the molecule is Cc1ccc(C(Cc2ccccc2)(NC(=O)c2cccc(C)c2)c2cccc(C(F)(F)F)c2)nc1. The molecule has 4 aromatic rings. The lowest BCUT2D eigenvalue weighted by molar-refractivity contribution is -0.137. The summed E-state index contributed by atoms with van der Waals surface area (Å²) in [6, 6.07) is 25.1. The van der Waals surface area contributed by atoms with Crippen molar-refractivity contribution in [3.05, 3.63) is 136 Å². The number of nitrogens with one attached hydrogen (secondary N) is 1. The maximum Gasteiger partial charge on any atom is 0.416 e. The molecule has 0 saturated heterocycles. The zero-order valence-corrected chi connectivity index (χ0v) is 19.4. The second-order valence-electron chi connectivity index (χ2n) is 8.69. The van der Waals surface area contributed by atoms with E-state index in [1.165, 1.54) is 6.07 Å². The molecule has 0 aliphatic rings. The van der Waals surface area contributed by atoms with Crippen molar-refractivity contribution in [2.45, 2.75) is 32.0 Å². The van der Waals surface area contributed by atoms with Crippen molar-refractivity contribution in [3.8, 4) is 0 Å². The van der Waals surface area contributed by atoms with Gasteiger partial charge in [-0.3, -0.25) is 9.78 Å². The number of alkyl halides is 3. The molecule has 1 amide bonds. The van der Waals surface area contributed by atoms with E-state index in [-0.39, 0.29) is 6.42 Å². The summed E-state index contributed by atoms with van der Waals surface area (Å²) in [6.45, 7) is 3.76. The fraction of sp³-hybridized carbons (Fsp3) is 0.172. The maximum absolute atomic E-state index is 13.7. The highest BCUT2D eigenvalue weighted by atomic mass is 19.4. The Hall–Kier alpha value is -3.93. The molecule has 1 aromatic heterocycles. The number of nitrogens with zero attached hydrogens (tertiary/aromatic N) is 1. The Labute approximate surface area is 202 Å². The summed E-state index contributed by atoms with van der Waals surface area (Å²) in [4.78, 5) is 18.1. The molecule has 4 rings (SSSR count). The van der Waals surface area contributed by atoms with Gasteiger partial charge in [0.25, 0.3) is 5.91 Å². The molecule has 1 unspecified atom stereocenters. The van der Waals surface area contributed by atoms with Gasteiger partial charge < -0.3 is 5.32 Å². The lowest BCUT2D eigenvalue weighted by atomic mass is 9.79. The molecule has 0 aliphatic heterocycles. The van der Waals surface area contributed by atoms with E-state index in [9.17, 15) is 18.0 Å². The van der Waals surface area contributed by atoms with Gasteiger partial charge in [-0.2, -0.15) is 13.2 Å². The predicted octanol–water partition coefficient (Wildman–Crippen LogP) is 6.63. The van der Waals surface area contributed by atoms with Gasteiger partial charge in [0.05, 0.1) is 11.3 Å². The molecule has 0 aliphatic carbocycles. The molecule has 0 bridgehead atoms. The number of benzene rings is 3. The molecule has 0 radical (unpaired) electrons. The van der Waals surface area contributed by atoms with E-state index in [4.69, 9.17) is 0 Å². The first-order chi connectivity index (χ1) is 16.7. The van der Waals surface area contributed by atoms with Crippen LogP contribution in [0.4, 0.5) is 13.2 Å². The molecule has 1 heterocycles. The van der Waals surface area contributed by atoms with Crippen molar-refractivity contribution in [3.63, 3.8) is 0 Å². The second kappa shape index (κ2) is 9.74. The summed E-state index contributed by atoms with van der Waals surface area (Å²) in [5.41, 5.74) is 1.68. The molecular formula is C29H25F3N2O. The number of aromatic nitrogens is 1. The van der Waals surface area contributed by atoms with Gasteiger partial charge in [0, 0.05) is 18.2 Å². The number of amides is 1. The molecular weight excluding hydrogens is 449 g/mol. The zero-order chi connectivity index (χ0) is 25.1. The van der Waals surface area contributed by atoms with Crippen molar-refractivity contribution in [2.75, 3.05) is 0 Å². The lowest BCUT2D eigenvalue weighted by Gasteiger charge is -2.36. The normalized spacial score (nSPS) is 13.2. The summed E-state index contributed by atoms with van der Waals surface area (Å²) >= 11 is 0. The smallest absolute Gasteiger partial charge is 0.337 e. The van der Waals surface area contributed by atoms with Gasteiger partial charge >= 0.3 is 6.18 Å². The number of halogens is 3. The lowest BCUT2D eigenvalue weighted by Crippen LogP contribution is -2.49. The van der Waals surface area contributed by atoms with Crippen LogP contribution in [0, 0.1) is 13.8 Å². The van der Waals surface area contributed by atoms with Crippen LogP contribution in [0.15, 0.2) is 97.2 Å². The van der Waals surface area contributed by atoms with Gasteiger partial charge in [0.2, 0.25) is 0 Å². The van der Waals surface area contributed by atoms with Gasteiger partial charge in [-0.1, -0.05) is 66.2 Å². The molecule has 178 valence electrons. The standard InChI is InChI=1S/C29H25F3N2O/c1-20-8-6-11-23(16-20)27(35)34-28(18-22-9-4-3-5-10-22,26-15-14-21(2)19-33-26)24-12-7-13-25(17-24)29(30,31)32/h3-17,19H,18H2,1-2H3,(H,34,35). The average Bonchev–Trinajstić information content (AvgIpc) is 2.84. The Bertz CT molecular complexity index is 1320. The first kappa shape index (κ1) is 24.2. The van der Waals surface area contributed by atoms with Crippen LogP contribution >= 0.6 is 0 Å². The second-order valence-corrected chi connectivity index (χ2v) is 8.69. The summed E-state index contributed by atoms with van der Waals surface area (Å²) < 4.78 is 41.1. The Kier molecular flexibility index (Phi) is 6.74. The van der Waals surface area contributed by atoms with Crippen LogP contribution in [-0.4, -0.2) is 10.9 Å². The van der Waals surface area contributed by atoms with Crippen LogP contribution in [0.5, 0.6) is 0 Å². The third-order valence-electron chi connectivity index (χ3n) is 5.95. The van der Waals surface area contributed by atoms with E-state index < -0.39 is 23.2 Å². The molecule has 3 nitrogen and oxygen atoms in total. The van der Waals surface area contributed by atoms with Gasteiger partial charge in [-0.15, -0.1) is 0 Å². The van der Waals surface area contributed by atoms with Crippen molar-refractivity contribution in [2.24, 2.45) is 0 Å². The van der Waals surface area contributed by atoms with Crippen LogP contribution in [0.2, 0.25) is 0 Å². The maximum atomic E-state index is 13.7. The Morgan fingerprint density at radius 2 is 1.51 bits per heavy atom. The molecule has 0 spiro atoms. The number of hydrogen-bond donors (Lipinski definition) is 1. The fourth-order valence-electron chi connectivity index (χ4n) is 4.16. The van der Waals surface area contributed by atoms with Crippen LogP contribution in [0.25, 0.3) is 0 Å². The van der Waals surface area contributed by atoms with E-state index in [1.807, 2.05) is 56.3 Å². The summed E-state index contributed by atoms with van der Waals surface area (Å²) in [6.07, 6.45) is -2.67.